The normalized spacial score (nSPS) is 11.9. The van der Waals surface area contributed by atoms with Gasteiger partial charge in [-0.25, -0.2) is 0 Å². The quantitative estimate of drug-likeness (QED) is 0.196. The van der Waals surface area contributed by atoms with Crippen LogP contribution in [-0.2, 0) is 14.2 Å². The average molecular weight is 359 g/mol. The topological polar surface area (TPSA) is 68.2 Å². The zero-order valence-corrected chi connectivity index (χ0v) is 15.7. The molecule has 0 amide bonds. The summed E-state index contributed by atoms with van der Waals surface area (Å²) < 4.78 is 16.0. The van der Waals surface area contributed by atoms with E-state index in [1.165, 1.54) is 0 Å². The van der Waals surface area contributed by atoms with Gasteiger partial charge in [-0.05, 0) is 64.2 Å². The fourth-order valence-electron chi connectivity index (χ4n) is 2.10. The first-order chi connectivity index (χ1) is 12.4. The maximum Gasteiger partial charge on any atom is 0.149 e. The van der Waals surface area contributed by atoms with Crippen molar-refractivity contribution < 1.29 is 24.4 Å². The summed E-state index contributed by atoms with van der Waals surface area (Å²) in [5.41, 5.74) is 0. The van der Waals surface area contributed by atoms with Gasteiger partial charge in [-0.15, -0.1) is 0 Å². The van der Waals surface area contributed by atoms with Gasteiger partial charge in [-0.1, -0.05) is 24.3 Å². The van der Waals surface area contributed by atoms with Crippen LogP contribution in [0.3, 0.4) is 0 Å². The fraction of sp³-hybridized carbons (Fsp3) is 0.800. The van der Waals surface area contributed by atoms with Crippen molar-refractivity contribution >= 4 is 0 Å². The Morgan fingerprint density at radius 1 is 0.480 bits per heavy atom. The highest BCUT2D eigenvalue weighted by atomic mass is 16.7. The lowest BCUT2D eigenvalue weighted by Gasteiger charge is -2.06. The summed E-state index contributed by atoms with van der Waals surface area (Å²) in [4.78, 5) is 0. The number of aliphatic hydroxyl groups excluding tert-OH is 2. The molecule has 0 bridgehead atoms. The van der Waals surface area contributed by atoms with Crippen LogP contribution in [0.2, 0.25) is 0 Å². The number of ether oxygens (including phenoxy) is 3. The highest BCUT2D eigenvalue weighted by Gasteiger charge is 1.91. The Morgan fingerprint density at radius 2 is 0.880 bits per heavy atom. The second kappa shape index (κ2) is 23.3. The van der Waals surface area contributed by atoms with E-state index in [-0.39, 0.29) is 26.8 Å². The fourth-order valence-corrected chi connectivity index (χ4v) is 2.10. The van der Waals surface area contributed by atoms with E-state index in [4.69, 9.17) is 24.4 Å². The molecule has 0 radical (unpaired) electrons. The molecule has 0 aliphatic carbocycles. The smallest absolute Gasteiger partial charge is 0.149 e. The van der Waals surface area contributed by atoms with Crippen LogP contribution in [-0.4, -0.2) is 50.2 Å². The zero-order valence-electron chi connectivity index (χ0n) is 15.7. The molecule has 0 aliphatic heterocycles. The predicted molar refractivity (Wildman–Crippen MR) is 101 cm³/mol. The molecule has 0 heterocycles. The molecule has 0 spiro atoms. The Kier molecular flexibility index (Phi) is 22.6. The molecule has 0 unspecified atom stereocenters. The van der Waals surface area contributed by atoms with Crippen LogP contribution in [0.25, 0.3) is 0 Å². The Balaban J connectivity index is 3.07. The van der Waals surface area contributed by atoms with Gasteiger partial charge >= 0.3 is 0 Å². The van der Waals surface area contributed by atoms with E-state index >= 15 is 0 Å². The van der Waals surface area contributed by atoms with Crippen molar-refractivity contribution in [1.29, 1.82) is 0 Å². The first-order valence-electron chi connectivity index (χ1n) is 9.66. The van der Waals surface area contributed by atoms with Gasteiger partial charge in [0.2, 0.25) is 0 Å². The summed E-state index contributed by atoms with van der Waals surface area (Å²) in [7, 11) is 0. The number of allylic oxidation sites excluding steroid dienone is 4. The molecular formula is C20H38O5. The first-order valence-corrected chi connectivity index (χ1v) is 9.66. The standard InChI is InChI=1S/C20H38O5/c21-15-11-7-3-1-5-9-13-17-23-19-25-20-24-18-14-10-6-2-4-8-12-16-22/h1-2,5-6,21-22H,3-4,7-20H2. The summed E-state index contributed by atoms with van der Waals surface area (Å²) in [6.45, 7) is 2.53. The second-order valence-corrected chi connectivity index (χ2v) is 5.92. The number of unbranched alkanes of at least 4 members (excludes halogenated alkanes) is 6. The van der Waals surface area contributed by atoms with Crippen LogP contribution >= 0.6 is 0 Å². The van der Waals surface area contributed by atoms with E-state index in [0.29, 0.717) is 13.2 Å². The van der Waals surface area contributed by atoms with Crippen molar-refractivity contribution in [1.82, 2.24) is 0 Å². The van der Waals surface area contributed by atoms with Gasteiger partial charge in [-0.3, -0.25) is 0 Å². The van der Waals surface area contributed by atoms with Gasteiger partial charge in [0.1, 0.15) is 13.6 Å². The highest BCUT2D eigenvalue weighted by Crippen LogP contribution is 2.00. The minimum Gasteiger partial charge on any atom is -0.396 e. The molecule has 0 aromatic carbocycles. The summed E-state index contributed by atoms with van der Waals surface area (Å²) in [5.74, 6) is 0. The van der Waals surface area contributed by atoms with Crippen LogP contribution in [0.5, 0.6) is 0 Å². The Labute approximate surface area is 153 Å². The van der Waals surface area contributed by atoms with Gasteiger partial charge in [-0.2, -0.15) is 0 Å². The summed E-state index contributed by atoms with van der Waals surface area (Å²) in [5, 5.41) is 17.3. The van der Waals surface area contributed by atoms with Crippen molar-refractivity contribution in [2.24, 2.45) is 0 Å². The van der Waals surface area contributed by atoms with Crippen molar-refractivity contribution in [3.63, 3.8) is 0 Å². The van der Waals surface area contributed by atoms with Crippen molar-refractivity contribution in [2.45, 2.75) is 64.2 Å². The number of rotatable bonds is 20. The minimum absolute atomic E-state index is 0.283. The third-order valence-corrected chi connectivity index (χ3v) is 3.54. The Morgan fingerprint density at radius 3 is 1.28 bits per heavy atom. The van der Waals surface area contributed by atoms with Crippen LogP contribution in [0.4, 0.5) is 0 Å². The summed E-state index contributed by atoms with van der Waals surface area (Å²) in [6, 6.07) is 0. The van der Waals surface area contributed by atoms with E-state index < -0.39 is 0 Å². The first kappa shape index (κ1) is 24.3. The molecule has 148 valence electrons. The van der Waals surface area contributed by atoms with Crippen molar-refractivity contribution in [2.75, 3.05) is 40.0 Å². The van der Waals surface area contributed by atoms with Gasteiger partial charge in [0, 0.05) is 26.4 Å². The van der Waals surface area contributed by atoms with Gasteiger partial charge in [0.15, 0.2) is 0 Å². The molecule has 0 aliphatic rings. The number of aliphatic hydroxyl groups is 2. The zero-order chi connectivity index (χ0) is 18.3. The van der Waals surface area contributed by atoms with Crippen molar-refractivity contribution in [3.05, 3.63) is 24.3 Å². The van der Waals surface area contributed by atoms with E-state index in [1.807, 2.05) is 0 Å². The molecule has 0 atom stereocenters. The third kappa shape index (κ3) is 23.3. The van der Waals surface area contributed by atoms with E-state index in [1.54, 1.807) is 0 Å². The summed E-state index contributed by atoms with van der Waals surface area (Å²) >= 11 is 0. The lowest BCUT2D eigenvalue weighted by Crippen LogP contribution is -2.06. The minimum atomic E-state index is 0.283. The Bertz CT molecular complexity index is 264. The van der Waals surface area contributed by atoms with Crippen LogP contribution in [0.1, 0.15) is 64.2 Å². The molecule has 2 N–H and O–H groups in total. The second-order valence-electron chi connectivity index (χ2n) is 5.92. The van der Waals surface area contributed by atoms with Gasteiger partial charge in [0.25, 0.3) is 0 Å². The number of hydrogen-bond donors (Lipinski definition) is 2. The van der Waals surface area contributed by atoms with Crippen LogP contribution in [0, 0.1) is 0 Å². The molecule has 0 rings (SSSR count). The average Bonchev–Trinajstić information content (AvgIpc) is 2.63. The van der Waals surface area contributed by atoms with E-state index in [2.05, 4.69) is 24.3 Å². The van der Waals surface area contributed by atoms with E-state index in [0.717, 1.165) is 64.2 Å². The molecule has 0 aromatic rings. The van der Waals surface area contributed by atoms with Crippen LogP contribution < -0.4 is 0 Å². The van der Waals surface area contributed by atoms with E-state index in [9.17, 15) is 0 Å². The predicted octanol–water partition coefficient (Wildman–Crippen LogP) is 3.95. The number of hydrogen-bond acceptors (Lipinski definition) is 5. The van der Waals surface area contributed by atoms with Gasteiger partial charge in [0.05, 0.1) is 0 Å². The molecule has 5 nitrogen and oxygen atoms in total. The third-order valence-electron chi connectivity index (χ3n) is 3.54. The van der Waals surface area contributed by atoms with Crippen LogP contribution in [0.15, 0.2) is 24.3 Å². The summed E-state index contributed by atoms with van der Waals surface area (Å²) in [6.07, 6.45) is 18.7. The highest BCUT2D eigenvalue weighted by molar-refractivity contribution is 4.81. The maximum absolute atomic E-state index is 8.65. The largest absolute Gasteiger partial charge is 0.396 e. The molecule has 0 fully saturated rings. The molecule has 5 heteroatoms. The molecule has 0 saturated carbocycles. The molecule has 0 aromatic heterocycles. The maximum atomic E-state index is 8.65. The SMILES string of the molecule is OCCCCC=CCCCOCOCOCCCC=CCCCCO. The monoisotopic (exact) mass is 358 g/mol. The lowest BCUT2D eigenvalue weighted by molar-refractivity contribution is -0.131. The van der Waals surface area contributed by atoms with Gasteiger partial charge < -0.3 is 24.4 Å². The molecular weight excluding hydrogens is 320 g/mol. The molecule has 0 saturated heterocycles. The Hall–Kier alpha value is -0.720. The van der Waals surface area contributed by atoms with Crippen molar-refractivity contribution in [3.8, 4) is 0 Å². The lowest BCUT2D eigenvalue weighted by atomic mass is 10.2. The molecule has 25 heavy (non-hydrogen) atoms.